The predicted molar refractivity (Wildman–Crippen MR) is 76.4 cm³/mol. The summed E-state index contributed by atoms with van der Waals surface area (Å²) >= 11 is 0. The zero-order chi connectivity index (χ0) is 8.67. The van der Waals surface area contributed by atoms with Gasteiger partial charge in [-0.25, -0.2) is 0 Å². The number of hydrogen-bond donors (Lipinski definition) is 3. The summed E-state index contributed by atoms with van der Waals surface area (Å²) in [6.07, 6.45) is 5.60. The molecule has 0 bridgehead atoms. The summed E-state index contributed by atoms with van der Waals surface area (Å²) in [6.45, 7) is 3.52. The largest absolute Gasteiger partial charge is 0.412 e. The Bertz CT molecular complexity index is 167. The molecule has 3 rings (SSSR count). The van der Waals surface area contributed by atoms with Gasteiger partial charge in [-0.1, -0.05) is 0 Å². The maximum absolute atomic E-state index is 3.60. The SMILES string of the molecule is C1CC2NCCC3NCCC(N1)N32.Cl.Cl.Cl.O. The minimum Gasteiger partial charge on any atom is -0.412 e. The summed E-state index contributed by atoms with van der Waals surface area (Å²) in [6, 6.07) is 0. The van der Waals surface area contributed by atoms with Crippen LogP contribution in [0, 0.1) is 0 Å². The van der Waals surface area contributed by atoms with E-state index >= 15 is 0 Å². The molecule has 0 aromatic carbocycles. The standard InChI is InChI=1S/C9H18N4.3ClH.H2O/c1-4-10-8-3-6-12-9-2-5-11-7(1)13(8)9;;;;/h7-12H,1-6H2;3*1H;1H2. The third kappa shape index (κ3) is 3.81. The van der Waals surface area contributed by atoms with Crippen LogP contribution < -0.4 is 16.0 Å². The highest BCUT2D eigenvalue weighted by molar-refractivity contribution is 5.86. The quantitative estimate of drug-likeness (QED) is 0.574. The van der Waals surface area contributed by atoms with E-state index in [4.69, 9.17) is 0 Å². The molecule has 3 saturated heterocycles. The third-order valence-corrected chi connectivity index (χ3v) is 3.47. The molecule has 3 fully saturated rings. The van der Waals surface area contributed by atoms with E-state index < -0.39 is 0 Å². The first kappa shape index (κ1) is 20.0. The zero-order valence-electron chi connectivity index (χ0n) is 9.65. The molecule has 0 aromatic rings. The van der Waals surface area contributed by atoms with Crippen molar-refractivity contribution < 1.29 is 5.48 Å². The Balaban J connectivity index is 0. The normalized spacial score (nSPS) is 34.9. The van der Waals surface area contributed by atoms with Crippen molar-refractivity contribution in [2.24, 2.45) is 0 Å². The maximum Gasteiger partial charge on any atom is 0.0637 e. The van der Waals surface area contributed by atoms with Gasteiger partial charge < -0.3 is 21.4 Å². The van der Waals surface area contributed by atoms with Gasteiger partial charge in [-0.2, -0.15) is 0 Å². The smallest absolute Gasteiger partial charge is 0.0637 e. The summed E-state index contributed by atoms with van der Waals surface area (Å²) in [5.41, 5.74) is 0. The molecule has 8 heteroatoms. The second-order valence-corrected chi connectivity index (χ2v) is 4.22. The van der Waals surface area contributed by atoms with Crippen molar-refractivity contribution in [2.75, 3.05) is 19.6 Å². The molecule has 3 unspecified atom stereocenters. The van der Waals surface area contributed by atoms with Crippen LogP contribution in [0.5, 0.6) is 0 Å². The molecule has 0 amide bonds. The van der Waals surface area contributed by atoms with E-state index in [9.17, 15) is 0 Å². The van der Waals surface area contributed by atoms with E-state index in [0.717, 1.165) is 0 Å². The van der Waals surface area contributed by atoms with Gasteiger partial charge in [-0.3, -0.25) is 4.90 Å². The van der Waals surface area contributed by atoms with Crippen LogP contribution in [-0.2, 0) is 0 Å². The molecule has 0 spiro atoms. The fourth-order valence-electron chi connectivity index (χ4n) is 2.88. The molecule has 17 heavy (non-hydrogen) atoms. The summed E-state index contributed by atoms with van der Waals surface area (Å²) in [4.78, 5) is 2.59. The van der Waals surface area contributed by atoms with Gasteiger partial charge in [0, 0.05) is 0 Å². The number of nitrogens with one attached hydrogen (secondary N) is 3. The predicted octanol–water partition coefficient (Wildman–Crippen LogP) is -0.313. The number of rotatable bonds is 0. The van der Waals surface area contributed by atoms with Crippen LogP contribution in [0.2, 0.25) is 0 Å². The molecule has 5 N–H and O–H groups in total. The highest BCUT2D eigenvalue weighted by Crippen LogP contribution is 2.23. The Morgan fingerprint density at radius 3 is 1.24 bits per heavy atom. The molecule has 0 saturated carbocycles. The summed E-state index contributed by atoms with van der Waals surface area (Å²) in [5.74, 6) is 0. The lowest BCUT2D eigenvalue weighted by molar-refractivity contribution is -0.0520. The number of hydrogen-bond acceptors (Lipinski definition) is 4. The molecule has 3 atom stereocenters. The highest BCUT2D eigenvalue weighted by atomic mass is 35.5. The van der Waals surface area contributed by atoms with E-state index in [1.54, 1.807) is 0 Å². The zero-order valence-corrected chi connectivity index (χ0v) is 12.1. The van der Waals surface area contributed by atoms with E-state index in [1.807, 2.05) is 0 Å². The second-order valence-electron chi connectivity index (χ2n) is 4.22. The van der Waals surface area contributed by atoms with Crippen LogP contribution in [0.25, 0.3) is 0 Å². The van der Waals surface area contributed by atoms with Gasteiger partial charge in [-0.15, -0.1) is 37.2 Å². The van der Waals surface area contributed by atoms with Crippen LogP contribution >= 0.6 is 37.2 Å². The first-order valence-electron chi connectivity index (χ1n) is 5.43. The molecule has 0 radical (unpaired) electrons. The van der Waals surface area contributed by atoms with Gasteiger partial charge in [0.25, 0.3) is 0 Å². The number of nitrogens with zero attached hydrogens (tertiary/aromatic N) is 1. The average molecular weight is 310 g/mol. The van der Waals surface area contributed by atoms with Crippen LogP contribution in [0.1, 0.15) is 19.3 Å². The summed E-state index contributed by atoms with van der Waals surface area (Å²) < 4.78 is 0. The Kier molecular flexibility index (Phi) is 10.3. The molecular weight excluding hydrogens is 286 g/mol. The van der Waals surface area contributed by atoms with Crippen LogP contribution in [0.3, 0.4) is 0 Å². The summed E-state index contributed by atoms with van der Waals surface area (Å²) in [7, 11) is 0. The minimum absolute atomic E-state index is 0. The van der Waals surface area contributed by atoms with Crippen LogP contribution in [0.15, 0.2) is 0 Å². The molecular formula is C9H23Cl3N4O. The van der Waals surface area contributed by atoms with Crippen molar-refractivity contribution in [3.8, 4) is 0 Å². The number of halogens is 3. The van der Waals surface area contributed by atoms with Crippen molar-refractivity contribution in [1.29, 1.82) is 0 Å². The highest BCUT2D eigenvalue weighted by Gasteiger charge is 2.39. The van der Waals surface area contributed by atoms with Gasteiger partial charge in [0.05, 0.1) is 18.5 Å². The van der Waals surface area contributed by atoms with Crippen molar-refractivity contribution in [3.05, 3.63) is 0 Å². The second kappa shape index (κ2) is 8.72. The van der Waals surface area contributed by atoms with E-state index in [-0.39, 0.29) is 42.7 Å². The lowest BCUT2D eigenvalue weighted by atomic mass is 10.0. The van der Waals surface area contributed by atoms with Gasteiger partial charge >= 0.3 is 0 Å². The van der Waals surface area contributed by atoms with Crippen LogP contribution in [0.4, 0.5) is 0 Å². The fourth-order valence-corrected chi connectivity index (χ4v) is 2.88. The van der Waals surface area contributed by atoms with Crippen molar-refractivity contribution in [2.45, 2.75) is 37.8 Å². The van der Waals surface area contributed by atoms with Gasteiger partial charge in [-0.05, 0) is 38.9 Å². The van der Waals surface area contributed by atoms with Crippen molar-refractivity contribution in [1.82, 2.24) is 20.9 Å². The first-order valence-corrected chi connectivity index (χ1v) is 5.43. The fraction of sp³-hybridized carbons (Fsp3) is 1.00. The molecule has 0 aliphatic carbocycles. The molecule has 3 aliphatic heterocycles. The minimum atomic E-state index is 0. The van der Waals surface area contributed by atoms with E-state index in [1.165, 1.54) is 38.9 Å². The molecule has 5 nitrogen and oxygen atoms in total. The first-order chi connectivity index (χ1) is 6.45. The Labute approximate surface area is 121 Å². The van der Waals surface area contributed by atoms with E-state index in [0.29, 0.717) is 18.5 Å². The van der Waals surface area contributed by atoms with Crippen molar-refractivity contribution >= 4 is 37.2 Å². The lowest BCUT2D eigenvalue weighted by Crippen LogP contribution is -2.72. The molecule has 3 heterocycles. The monoisotopic (exact) mass is 308 g/mol. The Morgan fingerprint density at radius 2 is 0.941 bits per heavy atom. The van der Waals surface area contributed by atoms with Crippen molar-refractivity contribution in [3.63, 3.8) is 0 Å². The Hall–Kier alpha value is 0.670. The molecule has 0 aromatic heterocycles. The van der Waals surface area contributed by atoms with Crippen LogP contribution in [-0.4, -0.2) is 48.5 Å². The molecule has 106 valence electrons. The van der Waals surface area contributed by atoms with Gasteiger partial charge in [0.1, 0.15) is 0 Å². The topological polar surface area (TPSA) is 70.8 Å². The lowest BCUT2D eigenvalue weighted by Gasteiger charge is -2.53. The Morgan fingerprint density at radius 1 is 0.647 bits per heavy atom. The molecule has 3 aliphatic rings. The van der Waals surface area contributed by atoms with Gasteiger partial charge in [0.15, 0.2) is 0 Å². The summed E-state index contributed by atoms with van der Waals surface area (Å²) in [5, 5.41) is 10.8. The third-order valence-electron chi connectivity index (χ3n) is 3.47. The van der Waals surface area contributed by atoms with E-state index in [2.05, 4.69) is 20.9 Å². The maximum atomic E-state index is 3.60. The average Bonchev–Trinajstić information content (AvgIpc) is 2.19. The van der Waals surface area contributed by atoms with Gasteiger partial charge in [0.2, 0.25) is 0 Å².